The summed E-state index contributed by atoms with van der Waals surface area (Å²) in [6.07, 6.45) is 1.75. The van der Waals surface area contributed by atoms with Crippen LogP contribution in [0.2, 0.25) is 0 Å². The molecular weight excluding hydrogens is 192 g/mol. The average Bonchev–Trinajstić information content (AvgIpc) is 2.53. The van der Waals surface area contributed by atoms with E-state index >= 15 is 0 Å². The van der Waals surface area contributed by atoms with Gasteiger partial charge in [0.25, 0.3) is 0 Å². The van der Waals surface area contributed by atoms with E-state index in [1.54, 1.807) is 10.9 Å². The molecule has 1 aromatic rings. The Morgan fingerprint density at radius 2 is 2.38 bits per heavy atom. The molecule has 1 aromatic heterocycles. The zero-order valence-corrected chi connectivity index (χ0v) is 8.42. The van der Waals surface area contributed by atoms with Crippen molar-refractivity contribution in [3.05, 3.63) is 11.9 Å². The summed E-state index contributed by atoms with van der Waals surface area (Å²) >= 11 is 0. The lowest BCUT2D eigenvalue weighted by Gasteiger charge is -1.99. The Morgan fingerprint density at radius 3 is 2.92 bits per heavy atom. The van der Waals surface area contributed by atoms with Crippen molar-refractivity contribution in [1.82, 2.24) is 20.3 Å². The Kier molecular flexibility index (Phi) is 6.48. The van der Waals surface area contributed by atoms with E-state index in [0.29, 0.717) is 5.69 Å². The Balaban J connectivity index is 0.00000144. The zero-order chi connectivity index (χ0) is 8.81. The van der Waals surface area contributed by atoms with Gasteiger partial charge in [-0.25, -0.2) is 0 Å². The van der Waals surface area contributed by atoms with E-state index in [0.717, 1.165) is 19.6 Å². The fourth-order valence-electron chi connectivity index (χ4n) is 0.891. The Bertz CT molecular complexity index is 228. The molecule has 13 heavy (non-hydrogen) atoms. The predicted molar refractivity (Wildman–Crippen MR) is 51.7 cm³/mol. The second kappa shape index (κ2) is 6.82. The predicted octanol–water partition coefficient (Wildman–Crippen LogP) is -0.198. The molecule has 0 saturated heterocycles. The number of aromatic nitrogens is 3. The minimum Gasteiger partial charge on any atom is -0.390 e. The van der Waals surface area contributed by atoms with Crippen LogP contribution in [0.3, 0.4) is 0 Å². The molecule has 2 N–H and O–H groups in total. The number of nitrogens with zero attached hydrogens (tertiary/aromatic N) is 3. The molecule has 0 spiro atoms. The topological polar surface area (TPSA) is 63.0 Å². The van der Waals surface area contributed by atoms with Crippen LogP contribution in [0.5, 0.6) is 0 Å². The van der Waals surface area contributed by atoms with E-state index in [4.69, 9.17) is 5.11 Å². The quantitative estimate of drug-likeness (QED) is 0.656. The molecule has 0 aliphatic rings. The first-order valence-corrected chi connectivity index (χ1v) is 4.07. The van der Waals surface area contributed by atoms with E-state index in [-0.39, 0.29) is 19.0 Å². The molecule has 0 aromatic carbocycles. The first kappa shape index (κ1) is 12.3. The number of hydrogen-bond acceptors (Lipinski definition) is 4. The zero-order valence-electron chi connectivity index (χ0n) is 7.60. The number of aliphatic hydroxyl groups is 1. The van der Waals surface area contributed by atoms with E-state index in [1.165, 1.54) is 0 Å². The summed E-state index contributed by atoms with van der Waals surface area (Å²) in [5, 5.41) is 19.4. The highest BCUT2D eigenvalue weighted by Gasteiger charge is 1.96. The van der Waals surface area contributed by atoms with Crippen molar-refractivity contribution < 1.29 is 5.11 Å². The number of nitrogens with one attached hydrogen (secondary N) is 1. The van der Waals surface area contributed by atoms with Gasteiger partial charge in [0.15, 0.2) is 0 Å². The summed E-state index contributed by atoms with van der Waals surface area (Å²) in [5.41, 5.74) is 0.617. The standard InChI is InChI=1S/C7H14N4O.ClH/c1-2-8-3-4-11-5-7(6-12)9-10-11;/h5,8,12H,2-4,6H2,1H3;1H. The van der Waals surface area contributed by atoms with Crippen LogP contribution in [0.15, 0.2) is 6.20 Å². The van der Waals surface area contributed by atoms with E-state index in [1.807, 2.05) is 0 Å². The highest BCUT2D eigenvalue weighted by Crippen LogP contribution is 1.90. The second-order valence-corrected chi connectivity index (χ2v) is 2.48. The van der Waals surface area contributed by atoms with E-state index < -0.39 is 0 Å². The van der Waals surface area contributed by atoms with Gasteiger partial charge in [0, 0.05) is 6.54 Å². The molecule has 76 valence electrons. The van der Waals surface area contributed by atoms with Crippen molar-refractivity contribution in [3.63, 3.8) is 0 Å². The first-order chi connectivity index (χ1) is 5.86. The molecule has 0 atom stereocenters. The highest BCUT2D eigenvalue weighted by molar-refractivity contribution is 5.85. The summed E-state index contributed by atoms with van der Waals surface area (Å²) in [6.45, 7) is 4.65. The van der Waals surface area contributed by atoms with Crippen molar-refractivity contribution >= 4 is 12.4 Å². The molecule has 1 rings (SSSR count). The molecule has 1 heterocycles. The maximum atomic E-state index is 8.69. The van der Waals surface area contributed by atoms with Gasteiger partial charge in [0.1, 0.15) is 5.69 Å². The molecule has 0 radical (unpaired) electrons. The minimum atomic E-state index is -0.0405. The number of aliphatic hydroxyl groups excluding tert-OH is 1. The third kappa shape index (κ3) is 4.21. The van der Waals surface area contributed by atoms with Crippen LogP contribution in [0.4, 0.5) is 0 Å². The molecule has 0 aliphatic carbocycles. The van der Waals surface area contributed by atoms with Gasteiger partial charge in [-0.1, -0.05) is 12.1 Å². The highest BCUT2D eigenvalue weighted by atomic mass is 35.5. The number of likely N-dealkylation sites (N-methyl/N-ethyl adjacent to an activating group) is 1. The third-order valence-corrected chi connectivity index (χ3v) is 1.52. The molecule has 0 fully saturated rings. The summed E-state index contributed by atoms with van der Waals surface area (Å²) in [6, 6.07) is 0. The van der Waals surface area contributed by atoms with Crippen LogP contribution in [0, 0.1) is 0 Å². The third-order valence-electron chi connectivity index (χ3n) is 1.52. The largest absolute Gasteiger partial charge is 0.390 e. The maximum absolute atomic E-state index is 8.69. The van der Waals surface area contributed by atoms with Gasteiger partial charge < -0.3 is 10.4 Å². The lowest BCUT2D eigenvalue weighted by atomic mass is 10.5. The fourth-order valence-corrected chi connectivity index (χ4v) is 0.891. The normalized spacial score (nSPS) is 9.69. The van der Waals surface area contributed by atoms with Gasteiger partial charge >= 0.3 is 0 Å². The average molecular weight is 207 g/mol. The maximum Gasteiger partial charge on any atom is 0.108 e. The summed E-state index contributed by atoms with van der Waals surface area (Å²) in [7, 11) is 0. The molecule has 0 unspecified atom stereocenters. The molecule has 6 heteroatoms. The van der Waals surface area contributed by atoms with Gasteiger partial charge in [-0.05, 0) is 6.54 Å². The Morgan fingerprint density at radius 1 is 1.62 bits per heavy atom. The van der Waals surface area contributed by atoms with Crippen molar-refractivity contribution in [2.24, 2.45) is 0 Å². The van der Waals surface area contributed by atoms with Gasteiger partial charge in [-0.3, -0.25) is 4.68 Å². The Hall–Kier alpha value is -0.650. The SMILES string of the molecule is CCNCCn1cc(CO)nn1.Cl. The van der Waals surface area contributed by atoms with Crippen molar-refractivity contribution in [2.75, 3.05) is 13.1 Å². The number of halogens is 1. The van der Waals surface area contributed by atoms with Gasteiger partial charge in [-0.15, -0.1) is 17.5 Å². The van der Waals surface area contributed by atoms with Crippen molar-refractivity contribution in [2.45, 2.75) is 20.1 Å². The molecule has 5 nitrogen and oxygen atoms in total. The molecule has 0 amide bonds. The van der Waals surface area contributed by atoms with E-state index in [2.05, 4.69) is 22.6 Å². The lowest BCUT2D eigenvalue weighted by Crippen LogP contribution is -2.19. The van der Waals surface area contributed by atoms with E-state index in [9.17, 15) is 0 Å². The molecule has 0 bridgehead atoms. The van der Waals surface area contributed by atoms with Crippen molar-refractivity contribution in [3.8, 4) is 0 Å². The summed E-state index contributed by atoms with van der Waals surface area (Å²) in [5.74, 6) is 0. The van der Waals surface area contributed by atoms with Crippen LogP contribution < -0.4 is 5.32 Å². The van der Waals surface area contributed by atoms with Gasteiger partial charge in [-0.2, -0.15) is 0 Å². The first-order valence-electron chi connectivity index (χ1n) is 4.07. The number of hydrogen-bond donors (Lipinski definition) is 2. The van der Waals surface area contributed by atoms with Crippen LogP contribution in [0.1, 0.15) is 12.6 Å². The summed E-state index contributed by atoms with van der Waals surface area (Å²) < 4.78 is 1.72. The molecule has 0 saturated carbocycles. The smallest absolute Gasteiger partial charge is 0.108 e. The van der Waals surface area contributed by atoms with Crippen LogP contribution in [-0.4, -0.2) is 33.2 Å². The second-order valence-electron chi connectivity index (χ2n) is 2.48. The van der Waals surface area contributed by atoms with Crippen LogP contribution in [0.25, 0.3) is 0 Å². The molecule has 0 aliphatic heterocycles. The van der Waals surface area contributed by atoms with Crippen LogP contribution >= 0.6 is 12.4 Å². The van der Waals surface area contributed by atoms with Gasteiger partial charge in [0.05, 0.1) is 19.3 Å². The van der Waals surface area contributed by atoms with Crippen molar-refractivity contribution in [1.29, 1.82) is 0 Å². The number of rotatable bonds is 5. The molecular formula is C7H15ClN4O. The lowest BCUT2D eigenvalue weighted by molar-refractivity contribution is 0.276. The minimum absolute atomic E-state index is 0. The van der Waals surface area contributed by atoms with Gasteiger partial charge in [0.2, 0.25) is 0 Å². The fraction of sp³-hybridized carbons (Fsp3) is 0.714. The van der Waals surface area contributed by atoms with Crippen LogP contribution in [-0.2, 0) is 13.2 Å². The monoisotopic (exact) mass is 206 g/mol. The summed E-state index contributed by atoms with van der Waals surface area (Å²) in [4.78, 5) is 0. The Labute approximate surface area is 83.5 Å².